The maximum Gasteiger partial charge on any atom is 0.0620 e. The van der Waals surface area contributed by atoms with Crippen LogP contribution in [0.1, 0.15) is 18.1 Å². The van der Waals surface area contributed by atoms with Gasteiger partial charge in [0.25, 0.3) is 0 Å². The third-order valence-electron chi connectivity index (χ3n) is 3.02. The normalized spacial score (nSPS) is 25.2. The first-order valence-electron chi connectivity index (χ1n) is 4.61. The summed E-state index contributed by atoms with van der Waals surface area (Å²) >= 11 is 0. The van der Waals surface area contributed by atoms with Gasteiger partial charge in [-0.05, 0) is 32.1 Å². The van der Waals surface area contributed by atoms with Crippen LogP contribution in [-0.2, 0) is 5.54 Å². The third-order valence-corrected chi connectivity index (χ3v) is 3.02. The summed E-state index contributed by atoms with van der Waals surface area (Å²) in [7, 11) is 4.24. The van der Waals surface area contributed by atoms with Crippen LogP contribution in [0.5, 0.6) is 0 Å². The van der Waals surface area contributed by atoms with Crippen LogP contribution in [-0.4, -0.2) is 19.0 Å². The Bertz CT molecular complexity index is 352. The number of rotatable bonds is 1. The molecule has 1 aromatic carbocycles. The Kier molecular flexibility index (Phi) is 1.77. The molecule has 0 heterocycles. The molecule has 0 N–H and O–H groups in total. The second kappa shape index (κ2) is 2.71. The highest BCUT2D eigenvalue weighted by atomic mass is 15.1. The molecule has 0 spiro atoms. The molecular weight excluding hydrogens is 158 g/mol. The van der Waals surface area contributed by atoms with Gasteiger partial charge in [0.05, 0.1) is 5.54 Å². The number of fused-ring (bicyclic) bond motifs is 1. The predicted molar refractivity (Wildman–Crippen MR) is 56.5 cm³/mol. The van der Waals surface area contributed by atoms with E-state index in [9.17, 15) is 0 Å². The van der Waals surface area contributed by atoms with Crippen LogP contribution < -0.4 is 0 Å². The summed E-state index contributed by atoms with van der Waals surface area (Å²) in [6.07, 6.45) is 4.47. The van der Waals surface area contributed by atoms with Crippen molar-refractivity contribution in [2.75, 3.05) is 14.1 Å². The SMILES string of the molecule is CN(C)C1(C)C=Cc2ccccc21. The summed E-state index contributed by atoms with van der Waals surface area (Å²) in [5, 5.41) is 0. The minimum Gasteiger partial charge on any atom is -0.297 e. The summed E-state index contributed by atoms with van der Waals surface area (Å²) in [6.45, 7) is 2.25. The smallest absolute Gasteiger partial charge is 0.0620 e. The molecule has 0 bridgehead atoms. The molecule has 0 saturated heterocycles. The highest BCUT2D eigenvalue weighted by Gasteiger charge is 2.31. The van der Waals surface area contributed by atoms with Gasteiger partial charge in [0.1, 0.15) is 0 Å². The lowest BCUT2D eigenvalue weighted by Gasteiger charge is -2.32. The van der Waals surface area contributed by atoms with Crippen molar-refractivity contribution in [1.82, 2.24) is 4.90 Å². The van der Waals surface area contributed by atoms with Crippen molar-refractivity contribution in [1.29, 1.82) is 0 Å². The minimum absolute atomic E-state index is 0.0800. The molecule has 0 fully saturated rings. The largest absolute Gasteiger partial charge is 0.297 e. The van der Waals surface area contributed by atoms with Crippen molar-refractivity contribution >= 4 is 6.08 Å². The van der Waals surface area contributed by atoms with E-state index in [1.54, 1.807) is 0 Å². The van der Waals surface area contributed by atoms with Crippen LogP contribution in [0, 0.1) is 0 Å². The van der Waals surface area contributed by atoms with Gasteiger partial charge in [0.15, 0.2) is 0 Å². The molecule has 1 nitrogen and oxygen atoms in total. The van der Waals surface area contributed by atoms with Gasteiger partial charge in [0, 0.05) is 0 Å². The van der Waals surface area contributed by atoms with E-state index in [1.807, 2.05) is 0 Å². The first kappa shape index (κ1) is 8.52. The van der Waals surface area contributed by atoms with Crippen molar-refractivity contribution in [2.45, 2.75) is 12.5 Å². The maximum atomic E-state index is 2.26. The van der Waals surface area contributed by atoms with Gasteiger partial charge in [0.2, 0.25) is 0 Å². The molecule has 0 amide bonds. The van der Waals surface area contributed by atoms with Gasteiger partial charge in [-0.2, -0.15) is 0 Å². The van der Waals surface area contributed by atoms with Crippen LogP contribution in [0.4, 0.5) is 0 Å². The maximum absolute atomic E-state index is 2.26. The molecule has 1 heteroatoms. The zero-order chi connectivity index (χ0) is 9.47. The molecule has 0 saturated carbocycles. The Morgan fingerprint density at radius 3 is 2.54 bits per heavy atom. The van der Waals surface area contributed by atoms with E-state index in [2.05, 4.69) is 62.3 Å². The second-order valence-electron chi connectivity index (χ2n) is 3.96. The summed E-state index contributed by atoms with van der Waals surface area (Å²) < 4.78 is 0. The fraction of sp³-hybridized carbons (Fsp3) is 0.333. The Morgan fingerprint density at radius 1 is 1.15 bits per heavy atom. The van der Waals surface area contributed by atoms with Crippen LogP contribution in [0.3, 0.4) is 0 Å². The molecule has 1 aliphatic rings. The average Bonchev–Trinajstić information content (AvgIpc) is 2.47. The fourth-order valence-electron chi connectivity index (χ4n) is 1.84. The first-order chi connectivity index (χ1) is 6.14. The summed E-state index contributed by atoms with van der Waals surface area (Å²) in [5.74, 6) is 0. The van der Waals surface area contributed by atoms with Gasteiger partial charge < -0.3 is 0 Å². The molecule has 2 rings (SSSR count). The van der Waals surface area contributed by atoms with E-state index < -0.39 is 0 Å². The van der Waals surface area contributed by atoms with E-state index in [0.717, 1.165) is 0 Å². The van der Waals surface area contributed by atoms with E-state index >= 15 is 0 Å². The van der Waals surface area contributed by atoms with Gasteiger partial charge in [-0.15, -0.1) is 0 Å². The summed E-state index contributed by atoms with van der Waals surface area (Å²) in [4.78, 5) is 2.25. The second-order valence-corrected chi connectivity index (χ2v) is 3.96. The Labute approximate surface area is 79.7 Å². The molecular formula is C12H15N. The Morgan fingerprint density at radius 2 is 1.85 bits per heavy atom. The monoisotopic (exact) mass is 173 g/mol. The van der Waals surface area contributed by atoms with E-state index in [1.165, 1.54) is 11.1 Å². The number of nitrogens with zero attached hydrogens (tertiary/aromatic N) is 1. The fourth-order valence-corrected chi connectivity index (χ4v) is 1.84. The van der Waals surface area contributed by atoms with Gasteiger partial charge in [-0.25, -0.2) is 0 Å². The molecule has 0 aromatic heterocycles. The van der Waals surface area contributed by atoms with Crippen LogP contribution >= 0.6 is 0 Å². The Hall–Kier alpha value is -1.08. The summed E-state index contributed by atoms with van der Waals surface area (Å²) in [6, 6.07) is 8.56. The zero-order valence-corrected chi connectivity index (χ0v) is 8.41. The average molecular weight is 173 g/mol. The quantitative estimate of drug-likeness (QED) is 0.630. The van der Waals surface area contributed by atoms with Crippen molar-refractivity contribution < 1.29 is 0 Å². The van der Waals surface area contributed by atoms with E-state index in [0.29, 0.717) is 0 Å². The lowest BCUT2D eigenvalue weighted by Crippen LogP contribution is -2.35. The topological polar surface area (TPSA) is 3.24 Å². The Balaban J connectivity index is 2.55. The third kappa shape index (κ3) is 1.11. The lowest BCUT2D eigenvalue weighted by molar-refractivity contribution is 0.237. The highest BCUT2D eigenvalue weighted by molar-refractivity contribution is 5.64. The van der Waals surface area contributed by atoms with Crippen molar-refractivity contribution in [3.05, 3.63) is 41.5 Å². The molecule has 1 aromatic rings. The molecule has 0 aliphatic heterocycles. The number of hydrogen-bond donors (Lipinski definition) is 0. The predicted octanol–water partition coefficient (Wildman–Crippen LogP) is 2.49. The number of hydrogen-bond acceptors (Lipinski definition) is 1. The van der Waals surface area contributed by atoms with Gasteiger partial charge in [-0.3, -0.25) is 4.90 Å². The van der Waals surface area contributed by atoms with Crippen LogP contribution in [0.25, 0.3) is 6.08 Å². The number of likely N-dealkylation sites (N-methyl/N-ethyl adjacent to an activating group) is 1. The van der Waals surface area contributed by atoms with Crippen LogP contribution in [0.2, 0.25) is 0 Å². The van der Waals surface area contributed by atoms with E-state index in [4.69, 9.17) is 0 Å². The molecule has 1 atom stereocenters. The number of benzene rings is 1. The minimum atomic E-state index is 0.0800. The molecule has 0 radical (unpaired) electrons. The molecule has 1 aliphatic carbocycles. The van der Waals surface area contributed by atoms with Gasteiger partial charge in [-0.1, -0.05) is 36.4 Å². The van der Waals surface area contributed by atoms with Crippen molar-refractivity contribution in [3.8, 4) is 0 Å². The highest BCUT2D eigenvalue weighted by Crippen LogP contribution is 2.36. The molecule has 1 unspecified atom stereocenters. The van der Waals surface area contributed by atoms with Crippen molar-refractivity contribution in [3.63, 3.8) is 0 Å². The van der Waals surface area contributed by atoms with Crippen molar-refractivity contribution in [2.24, 2.45) is 0 Å². The van der Waals surface area contributed by atoms with Gasteiger partial charge >= 0.3 is 0 Å². The zero-order valence-electron chi connectivity index (χ0n) is 8.41. The first-order valence-corrected chi connectivity index (χ1v) is 4.61. The lowest BCUT2D eigenvalue weighted by atomic mass is 9.93. The molecule has 68 valence electrons. The summed E-state index contributed by atoms with van der Waals surface area (Å²) in [5.41, 5.74) is 2.83. The van der Waals surface area contributed by atoms with E-state index in [-0.39, 0.29) is 5.54 Å². The van der Waals surface area contributed by atoms with Crippen LogP contribution in [0.15, 0.2) is 30.3 Å². The molecule has 13 heavy (non-hydrogen) atoms. The standard InChI is InChI=1S/C12H15N/c1-12(13(2)3)9-8-10-6-4-5-7-11(10)12/h4-9H,1-3H3.